The number of nitrogens with zero attached hydrogens (tertiary/aromatic N) is 7. The Morgan fingerprint density at radius 2 is 1.80 bits per heavy atom. The zero-order valence-electron chi connectivity index (χ0n) is 14.5. The van der Waals surface area contributed by atoms with Crippen LogP contribution in [0, 0.1) is 18.6 Å². The van der Waals surface area contributed by atoms with Crippen molar-refractivity contribution in [1.82, 2.24) is 29.0 Å². The van der Waals surface area contributed by atoms with Gasteiger partial charge in [-0.25, -0.2) is 9.67 Å². The van der Waals surface area contributed by atoms with Gasteiger partial charge in [0.15, 0.2) is 0 Å². The summed E-state index contributed by atoms with van der Waals surface area (Å²) >= 11 is 5.61. The normalized spacial score (nSPS) is 15.8. The summed E-state index contributed by atoms with van der Waals surface area (Å²) in [5, 5.41) is 4.61. The van der Waals surface area contributed by atoms with Crippen LogP contribution in [0.25, 0.3) is 5.78 Å². The minimum Gasteiger partial charge on any atom is -0.369 e. The summed E-state index contributed by atoms with van der Waals surface area (Å²) < 4.78 is 4.53. The highest BCUT2D eigenvalue weighted by Gasteiger charge is 2.18. The molecule has 130 valence electrons. The Balaban J connectivity index is 1.49. The molecule has 3 aromatic rings. The van der Waals surface area contributed by atoms with E-state index in [1.165, 1.54) is 5.69 Å². The summed E-state index contributed by atoms with van der Waals surface area (Å²) in [7, 11) is 0. The Bertz CT molecular complexity index is 939. The molecule has 0 saturated carbocycles. The molecule has 0 aromatic carbocycles. The summed E-state index contributed by atoms with van der Waals surface area (Å²) in [6.45, 7) is 8.64. The molecule has 1 aliphatic rings. The van der Waals surface area contributed by atoms with Crippen molar-refractivity contribution in [2.75, 3.05) is 31.1 Å². The van der Waals surface area contributed by atoms with Gasteiger partial charge >= 0.3 is 0 Å². The van der Waals surface area contributed by atoms with Crippen LogP contribution < -0.4 is 4.90 Å². The van der Waals surface area contributed by atoms with Crippen molar-refractivity contribution >= 4 is 23.7 Å². The van der Waals surface area contributed by atoms with Crippen LogP contribution in [0.5, 0.6) is 0 Å². The molecule has 3 aromatic heterocycles. The SMILES string of the molecule is Cc1cc(C)n2c(=S)n(CN3CCN(c4ccncc4)CC3)nc2n1. The van der Waals surface area contributed by atoms with E-state index in [9.17, 15) is 0 Å². The van der Waals surface area contributed by atoms with Crippen LogP contribution in [0.1, 0.15) is 11.4 Å². The Morgan fingerprint density at radius 1 is 1.08 bits per heavy atom. The molecule has 1 saturated heterocycles. The number of pyridine rings is 1. The first-order valence-electron chi connectivity index (χ1n) is 8.43. The topological polar surface area (TPSA) is 54.5 Å². The lowest BCUT2D eigenvalue weighted by atomic mass is 10.3. The predicted octanol–water partition coefficient (Wildman–Crippen LogP) is 2.05. The molecule has 4 heterocycles. The zero-order chi connectivity index (χ0) is 17.4. The Kier molecular flexibility index (Phi) is 4.22. The second-order valence-electron chi connectivity index (χ2n) is 6.41. The number of aryl methyl sites for hydroxylation is 2. The highest BCUT2D eigenvalue weighted by Crippen LogP contribution is 2.15. The molecule has 0 radical (unpaired) electrons. The number of hydrogen-bond donors (Lipinski definition) is 0. The molecule has 1 fully saturated rings. The molecule has 0 atom stereocenters. The standard InChI is InChI=1S/C17H21N7S/c1-13-11-14(2)24-16(19-13)20-23(17(24)25)12-21-7-9-22(10-8-21)15-3-5-18-6-4-15/h3-6,11H,7-10,12H2,1-2H3. The first-order valence-corrected chi connectivity index (χ1v) is 8.84. The Morgan fingerprint density at radius 3 is 2.52 bits per heavy atom. The van der Waals surface area contributed by atoms with Crippen molar-refractivity contribution in [2.45, 2.75) is 20.5 Å². The van der Waals surface area contributed by atoms with E-state index >= 15 is 0 Å². The zero-order valence-corrected chi connectivity index (χ0v) is 15.3. The van der Waals surface area contributed by atoms with Gasteiger partial charge in [0.2, 0.25) is 4.77 Å². The van der Waals surface area contributed by atoms with Crippen LogP contribution in [0.2, 0.25) is 0 Å². The highest BCUT2D eigenvalue weighted by atomic mass is 32.1. The molecule has 7 nitrogen and oxygen atoms in total. The van der Waals surface area contributed by atoms with Gasteiger partial charge in [-0.2, -0.15) is 0 Å². The maximum atomic E-state index is 5.61. The lowest BCUT2D eigenvalue weighted by molar-refractivity contribution is 0.194. The molecular weight excluding hydrogens is 334 g/mol. The minimum absolute atomic E-state index is 0.679. The van der Waals surface area contributed by atoms with E-state index in [2.05, 4.69) is 37.0 Å². The minimum atomic E-state index is 0.679. The number of hydrogen-bond acceptors (Lipinski definition) is 6. The molecule has 4 rings (SSSR count). The van der Waals surface area contributed by atoms with E-state index < -0.39 is 0 Å². The fourth-order valence-corrected chi connectivity index (χ4v) is 3.64. The lowest BCUT2D eigenvalue weighted by Gasteiger charge is -2.35. The maximum Gasteiger partial charge on any atom is 0.254 e. The second-order valence-corrected chi connectivity index (χ2v) is 6.77. The molecule has 0 aliphatic carbocycles. The quantitative estimate of drug-likeness (QED) is 0.670. The molecule has 0 amide bonds. The average Bonchev–Trinajstić information content (AvgIpc) is 2.92. The van der Waals surface area contributed by atoms with Gasteiger partial charge in [-0.05, 0) is 44.3 Å². The van der Waals surface area contributed by atoms with Crippen molar-refractivity contribution in [1.29, 1.82) is 0 Å². The van der Waals surface area contributed by atoms with E-state index in [1.54, 1.807) is 0 Å². The van der Waals surface area contributed by atoms with Gasteiger partial charge in [0.25, 0.3) is 5.78 Å². The summed E-state index contributed by atoms with van der Waals surface area (Å²) in [5.74, 6) is 0.679. The molecule has 0 N–H and O–H groups in total. The summed E-state index contributed by atoms with van der Waals surface area (Å²) in [4.78, 5) is 13.3. The maximum absolute atomic E-state index is 5.61. The fourth-order valence-electron chi connectivity index (χ4n) is 3.32. The first-order chi connectivity index (χ1) is 12.1. The van der Waals surface area contributed by atoms with Crippen LogP contribution >= 0.6 is 12.2 Å². The number of piperazine rings is 1. The van der Waals surface area contributed by atoms with E-state index in [0.29, 0.717) is 17.2 Å². The summed E-state index contributed by atoms with van der Waals surface area (Å²) in [6.07, 6.45) is 3.68. The van der Waals surface area contributed by atoms with Crippen LogP contribution in [0.3, 0.4) is 0 Å². The van der Waals surface area contributed by atoms with Crippen LogP contribution in [0.15, 0.2) is 30.6 Å². The first kappa shape index (κ1) is 16.2. The fraction of sp³-hybridized carbons (Fsp3) is 0.412. The predicted molar refractivity (Wildman–Crippen MR) is 99.3 cm³/mol. The molecular formula is C17H21N7S. The Labute approximate surface area is 151 Å². The molecule has 0 bridgehead atoms. The largest absolute Gasteiger partial charge is 0.369 e. The van der Waals surface area contributed by atoms with E-state index in [4.69, 9.17) is 12.2 Å². The number of rotatable bonds is 3. The molecule has 8 heteroatoms. The average molecular weight is 355 g/mol. The molecule has 1 aliphatic heterocycles. The van der Waals surface area contributed by atoms with Gasteiger partial charge in [-0.3, -0.25) is 14.3 Å². The molecule has 25 heavy (non-hydrogen) atoms. The smallest absolute Gasteiger partial charge is 0.254 e. The van der Waals surface area contributed by atoms with Gasteiger partial charge in [0, 0.05) is 55.6 Å². The van der Waals surface area contributed by atoms with Crippen molar-refractivity contribution in [3.05, 3.63) is 46.8 Å². The summed E-state index contributed by atoms with van der Waals surface area (Å²) in [5.41, 5.74) is 3.26. The van der Waals surface area contributed by atoms with Crippen molar-refractivity contribution in [3.8, 4) is 0 Å². The van der Waals surface area contributed by atoms with Crippen LogP contribution in [-0.2, 0) is 6.67 Å². The van der Waals surface area contributed by atoms with Gasteiger partial charge in [-0.1, -0.05) is 0 Å². The van der Waals surface area contributed by atoms with Gasteiger partial charge in [0.05, 0.1) is 6.67 Å². The molecule has 0 unspecified atom stereocenters. The van der Waals surface area contributed by atoms with Crippen LogP contribution in [-0.4, -0.2) is 55.2 Å². The monoisotopic (exact) mass is 355 g/mol. The van der Waals surface area contributed by atoms with Crippen molar-refractivity contribution < 1.29 is 0 Å². The third-order valence-electron chi connectivity index (χ3n) is 4.60. The molecule has 0 spiro atoms. The third kappa shape index (κ3) is 3.14. The van der Waals surface area contributed by atoms with E-state index in [1.807, 2.05) is 41.4 Å². The van der Waals surface area contributed by atoms with E-state index in [-0.39, 0.29) is 0 Å². The number of anilines is 1. The van der Waals surface area contributed by atoms with Gasteiger partial charge < -0.3 is 4.90 Å². The van der Waals surface area contributed by atoms with Crippen LogP contribution in [0.4, 0.5) is 5.69 Å². The second kappa shape index (κ2) is 6.53. The summed E-state index contributed by atoms with van der Waals surface area (Å²) in [6, 6.07) is 6.15. The van der Waals surface area contributed by atoms with Gasteiger partial charge in [0.1, 0.15) is 0 Å². The number of aromatic nitrogens is 5. The third-order valence-corrected chi connectivity index (χ3v) is 5.00. The van der Waals surface area contributed by atoms with Gasteiger partial charge in [-0.15, -0.1) is 5.10 Å². The van der Waals surface area contributed by atoms with Crippen molar-refractivity contribution in [3.63, 3.8) is 0 Å². The van der Waals surface area contributed by atoms with E-state index in [0.717, 1.165) is 37.6 Å². The van der Waals surface area contributed by atoms with Crippen molar-refractivity contribution in [2.24, 2.45) is 0 Å². The highest BCUT2D eigenvalue weighted by molar-refractivity contribution is 7.71. The Hall–Kier alpha value is -2.32. The number of fused-ring (bicyclic) bond motifs is 1. The lowest BCUT2D eigenvalue weighted by Crippen LogP contribution is -2.47.